The van der Waals surface area contributed by atoms with E-state index < -0.39 is 15.1 Å². The molecule has 19 heavy (non-hydrogen) atoms. The summed E-state index contributed by atoms with van der Waals surface area (Å²) in [7, 11) is -4.39. The van der Waals surface area contributed by atoms with E-state index in [0.29, 0.717) is 12.8 Å². The highest BCUT2D eigenvalue weighted by atomic mass is 32.2. The van der Waals surface area contributed by atoms with Gasteiger partial charge in [-0.3, -0.25) is 4.55 Å². The number of rotatable bonds is 12. The molecule has 0 aromatic rings. The summed E-state index contributed by atoms with van der Waals surface area (Å²) in [5.74, 6) is 0. The monoisotopic (exact) mass is 294 g/mol. The molecule has 0 heterocycles. The summed E-state index contributed by atoms with van der Waals surface area (Å²) in [6.07, 6.45) is 8.74. The Morgan fingerprint density at radius 1 is 0.789 bits per heavy atom. The van der Waals surface area contributed by atoms with Crippen molar-refractivity contribution in [3.05, 3.63) is 0 Å². The van der Waals surface area contributed by atoms with Gasteiger partial charge in [0.25, 0.3) is 10.1 Å². The zero-order valence-corrected chi connectivity index (χ0v) is 13.2. The summed E-state index contributed by atoms with van der Waals surface area (Å²) in [6, 6.07) is 0. The Morgan fingerprint density at radius 3 is 1.53 bits per heavy atom. The van der Waals surface area contributed by atoms with E-state index in [1.54, 1.807) is 0 Å². The number of unbranched alkanes of at least 4 members (excludes halogenated alkanes) is 7. The van der Waals surface area contributed by atoms with Gasteiger partial charge < -0.3 is 5.11 Å². The van der Waals surface area contributed by atoms with Gasteiger partial charge in [-0.25, -0.2) is 0 Å². The van der Waals surface area contributed by atoms with Crippen LogP contribution in [0.3, 0.4) is 0 Å². The lowest BCUT2D eigenvalue weighted by molar-refractivity contribution is 0.0885. The Labute approximate surface area is 118 Å². The van der Waals surface area contributed by atoms with Crippen LogP contribution in [0.1, 0.15) is 84.5 Å². The van der Waals surface area contributed by atoms with Crippen molar-refractivity contribution < 1.29 is 18.1 Å². The second kappa shape index (κ2) is 9.72. The molecule has 0 aromatic heterocycles. The number of hydrogen-bond acceptors (Lipinski definition) is 3. The van der Waals surface area contributed by atoms with E-state index in [4.69, 9.17) is 0 Å². The molecule has 0 aliphatic heterocycles. The predicted octanol–water partition coefficient (Wildman–Crippen LogP) is 3.89. The van der Waals surface area contributed by atoms with Gasteiger partial charge in [-0.1, -0.05) is 58.8 Å². The van der Waals surface area contributed by atoms with E-state index in [1.807, 2.05) is 0 Å². The van der Waals surface area contributed by atoms with Crippen LogP contribution in [-0.2, 0) is 10.1 Å². The van der Waals surface area contributed by atoms with Gasteiger partial charge in [-0.2, -0.15) is 8.42 Å². The molecule has 0 aromatic carbocycles. The lowest BCUT2D eigenvalue weighted by Gasteiger charge is -2.24. The fourth-order valence-corrected chi connectivity index (χ4v) is 3.02. The van der Waals surface area contributed by atoms with E-state index in [1.165, 1.54) is 0 Å². The third kappa shape index (κ3) is 7.90. The normalized spacial score (nSPS) is 15.4. The molecular weight excluding hydrogens is 264 g/mol. The van der Waals surface area contributed by atoms with Crippen molar-refractivity contribution in [3.63, 3.8) is 0 Å². The summed E-state index contributed by atoms with van der Waals surface area (Å²) in [4.78, 5) is -1.94. The molecule has 0 bridgehead atoms. The SMILES string of the molecule is CCCCCCCC(O)(CCCCCC)S(=O)(=O)O. The van der Waals surface area contributed by atoms with Crippen LogP contribution in [0.15, 0.2) is 0 Å². The van der Waals surface area contributed by atoms with Crippen LogP contribution in [0, 0.1) is 0 Å². The van der Waals surface area contributed by atoms with E-state index in [2.05, 4.69) is 13.8 Å². The van der Waals surface area contributed by atoms with Crippen LogP contribution in [-0.4, -0.2) is 23.0 Å². The number of hydrogen-bond donors (Lipinski definition) is 2. The van der Waals surface area contributed by atoms with Crippen LogP contribution in [0.4, 0.5) is 0 Å². The van der Waals surface area contributed by atoms with E-state index >= 15 is 0 Å². The Kier molecular flexibility index (Phi) is 9.66. The van der Waals surface area contributed by atoms with Gasteiger partial charge in [0.2, 0.25) is 0 Å². The minimum absolute atomic E-state index is 0.139. The molecule has 0 radical (unpaired) electrons. The van der Waals surface area contributed by atoms with Gasteiger partial charge >= 0.3 is 0 Å². The van der Waals surface area contributed by atoms with Crippen molar-refractivity contribution in [2.75, 3.05) is 0 Å². The quantitative estimate of drug-likeness (QED) is 0.423. The zero-order chi connectivity index (χ0) is 14.8. The van der Waals surface area contributed by atoms with Crippen LogP contribution < -0.4 is 0 Å². The van der Waals surface area contributed by atoms with Crippen molar-refractivity contribution in [1.82, 2.24) is 0 Å². The molecule has 0 saturated carbocycles. The van der Waals surface area contributed by atoms with Crippen molar-refractivity contribution >= 4 is 10.1 Å². The molecule has 1 atom stereocenters. The Balaban J connectivity index is 4.21. The first-order valence-electron chi connectivity index (χ1n) is 7.56. The molecule has 2 N–H and O–H groups in total. The maximum atomic E-state index is 11.3. The first kappa shape index (κ1) is 18.9. The maximum absolute atomic E-state index is 11.3. The summed E-state index contributed by atoms with van der Waals surface area (Å²) in [5.41, 5.74) is 0. The highest BCUT2D eigenvalue weighted by Gasteiger charge is 2.39. The predicted molar refractivity (Wildman–Crippen MR) is 78.6 cm³/mol. The molecular formula is C14H30O4S. The third-order valence-corrected chi connectivity index (χ3v) is 4.94. The molecule has 0 saturated heterocycles. The average molecular weight is 294 g/mol. The summed E-state index contributed by atoms with van der Waals surface area (Å²) < 4.78 is 31.9. The average Bonchev–Trinajstić information content (AvgIpc) is 2.33. The molecule has 0 amide bonds. The van der Waals surface area contributed by atoms with Gasteiger partial charge in [-0.05, 0) is 25.7 Å². The van der Waals surface area contributed by atoms with Crippen LogP contribution in [0.25, 0.3) is 0 Å². The van der Waals surface area contributed by atoms with Crippen molar-refractivity contribution in [3.8, 4) is 0 Å². The molecule has 4 nitrogen and oxygen atoms in total. The van der Waals surface area contributed by atoms with Crippen molar-refractivity contribution in [2.45, 2.75) is 89.4 Å². The topological polar surface area (TPSA) is 74.6 Å². The Bertz CT molecular complexity index is 313. The summed E-state index contributed by atoms with van der Waals surface area (Å²) in [6.45, 7) is 4.19. The van der Waals surface area contributed by atoms with Gasteiger partial charge in [0.15, 0.2) is 4.93 Å². The van der Waals surface area contributed by atoms with Gasteiger partial charge in [0.1, 0.15) is 0 Å². The van der Waals surface area contributed by atoms with Crippen molar-refractivity contribution in [2.24, 2.45) is 0 Å². The second-order valence-electron chi connectivity index (χ2n) is 5.40. The maximum Gasteiger partial charge on any atom is 0.294 e. The molecule has 0 spiro atoms. The Hall–Kier alpha value is -0.130. The van der Waals surface area contributed by atoms with Gasteiger partial charge in [0.05, 0.1) is 0 Å². The summed E-state index contributed by atoms with van der Waals surface area (Å²) in [5, 5.41) is 10.2. The van der Waals surface area contributed by atoms with E-state index in [0.717, 1.165) is 44.9 Å². The van der Waals surface area contributed by atoms with Crippen LogP contribution in [0.2, 0.25) is 0 Å². The van der Waals surface area contributed by atoms with Gasteiger partial charge in [-0.15, -0.1) is 0 Å². The first-order valence-corrected chi connectivity index (χ1v) is 9.01. The summed E-state index contributed by atoms with van der Waals surface area (Å²) >= 11 is 0. The highest BCUT2D eigenvalue weighted by molar-refractivity contribution is 7.87. The first-order chi connectivity index (χ1) is 8.87. The van der Waals surface area contributed by atoms with Crippen molar-refractivity contribution in [1.29, 1.82) is 0 Å². The fourth-order valence-electron chi connectivity index (χ4n) is 2.22. The van der Waals surface area contributed by atoms with E-state index in [-0.39, 0.29) is 12.8 Å². The third-order valence-electron chi connectivity index (χ3n) is 3.57. The lowest BCUT2D eigenvalue weighted by atomic mass is 10.0. The molecule has 0 aliphatic rings. The smallest absolute Gasteiger partial charge is 0.294 e. The molecule has 5 heteroatoms. The van der Waals surface area contributed by atoms with E-state index in [9.17, 15) is 18.1 Å². The number of aliphatic hydroxyl groups is 1. The highest BCUT2D eigenvalue weighted by Crippen LogP contribution is 2.27. The molecule has 0 aliphatic carbocycles. The Morgan fingerprint density at radius 2 is 1.16 bits per heavy atom. The van der Waals surface area contributed by atoms with Crippen LogP contribution >= 0.6 is 0 Å². The molecule has 0 rings (SSSR count). The second-order valence-corrected chi connectivity index (χ2v) is 7.11. The standard InChI is InChI=1S/C14H30O4S/c1-3-5-7-9-11-13-14(15,19(16,17)18)12-10-8-6-4-2/h15H,3-13H2,1-2H3,(H,16,17,18). The molecule has 116 valence electrons. The fraction of sp³-hybridized carbons (Fsp3) is 1.00. The van der Waals surface area contributed by atoms with Crippen LogP contribution in [0.5, 0.6) is 0 Å². The minimum Gasteiger partial charge on any atom is -0.372 e. The lowest BCUT2D eigenvalue weighted by Crippen LogP contribution is -2.38. The van der Waals surface area contributed by atoms with Gasteiger partial charge in [0, 0.05) is 0 Å². The minimum atomic E-state index is -4.39. The molecule has 0 fully saturated rings. The molecule has 1 unspecified atom stereocenters. The largest absolute Gasteiger partial charge is 0.372 e. The zero-order valence-electron chi connectivity index (χ0n) is 12.4.